The molecule has 0 aliphatic carbocycles. The van der Waals surface area contributed by atoms with Crippen molar-refractivity contribution in [3.8, 4) is 0 Å². The molecule has 1 unspecified atom stereocenters. The minimum atomic E-state index is -4.34. The third-order valence-electron chi connectivity index (χ3n) is 2.44. The van der Waals surface area contributed by atoms with Gasteiger partial charge in [0.1, 0.15) is 0 Å². The highest BCUT2D eigenvalue weighted by Gasteiger charge is 2.34. The molecule has 1 atom stereocenters. The quantitative estimate of drug-likeness (QED) is 0.458. The van der Waals surface area contributed by atoms with E-state index >= 15 is 0 Å². The molecular formula is C9H6BrF3IN2P. The standard InChI is InChI=1S/C9H6BrF3IN2P/c1-4-6(9(11,12)13)2-7-5(8(4)10)3-15-16(7)17-14/h2-3,17H,1H3. The monoisotopic (exact) mass is 436 g/mol. The summed E-state index contributed by atoms with van der Waals surface area (Å²) in [6, 6.07) is 1.16. The fourth-order valence-electron chi connectivity index (χ4n) is 1.59. The number of nitrogens with zero attached hydrogens (tertiary/aromatic N) is 2. The van der Waals surface area contributed by atoms with E-state index in [0.717, 1.165) is 6.07 Å². The number of hydrogen-bond donors (Lipinski definition) is 0. The highest BCUT2D eigenvalue weighted by atomic mass is 127. The van der Waals surface area contributed by atoms with E-state index in [1.165, 1.54) is 6.92 Å². The van der Waals surface area contributed by atoms with Crippen molar-refractivity contribution in [2.24, 2.45) is 0 Å². The molecule has 2 aromatic rings. The molecule has 8 heteroatoms. The van der Waals surface area contributed by atoms with Crippen LogP contribution in [-0.2, 0) is 6.18 Å². The molecule has 0 saturated heterocycles. The first-order chi connectivity index (χ1) is 7.86. The first kappa shape index (κ1) is 13.5. The van der Waals surface area contributed by atoms with Gasteiger partial charge in [0.15, 0.2) is 0 Å². The van der Waals surface area contributed by atoms with Gasteiger partial charge in [-0.1, -0.05) is 0 Å². The summed E-state index contributed by atoms with van der Waals surface area (Å²) in [5, 5.41) is 4.77. The number of rotatable bonds is 1. The van der Waals surface area contributed by atoms with Crippen LogP contribution >= 0.6 is 44.3 Å². The van der Waals surface area contributed by atoms with Gasteiger partial charge in [-0.05, 0) is 56.5 Å². The summed E-state index contributed by atoms with van der Waals surface area (Å²) in [6.07, 6.45) is -2.49. The van der Waals surface area contributed by atoms with Gasteiger partial charge < -0.3 is 0 Å². The van der Waals surface area contributed by atoms with Crippen molar-refractivity contribution in [3.63, 3.8) is 0 Å². The highest BCUT2D eigenvalue weighted by Crippen LogP contribution is 2.40. The highest BCUT2D eigenvalue weighted by molar-refractivity contribution is 14.2. The van der Waals surface area contributed by atoms with Crippen LogP contribution in [0.15, 0.2) is 16.7 Å². The second kappa shape index (κ2) is 4.66. The van der Waals surface area contributed by atoms with Crippen LogP contribution in [0, 0.1) is 6.92 Å². The van der Waals surface area contributed by atoms with E-state index in [9.17, 15) is 13.2 Å². The molecule has 1 heterocycles. The lowest BCUT2D eigenvalue weighted by atomic mass is 10.1. The van der Waals surface area contributed by atoms with Gasteiger partial charge >= 0.3 is 6.18 Å². The summed E-state index contributed by atoms with van der Waals surface area (Å²) in [5.41, 5.74) is 0.0807. The van der Waals surface area contributed by atoms with E-state index in [4.69, 9.17) is 0 Å². The maximum absolute atomic E-state index is 12.8. The second-order valence-corrected chi connectivity index (χ2v) is 6.27. The van der Waals surface area contributed by atoms with Crippen LogP contribution in [0.3, 0.4) is 0 Å². The first-order valence-electron chi connectivity index (χ1n) is 4.47. The molecule has 0 radical (unpaired) electrons. The van der Waals surface area contributed by atoms with Crippen molar-refractivity contribution in [1.29, 1.82) is 0 Å². The number of benzene rings is 1. The van der Waals surface area contributed by atoms with E-state index in [1.807, 2.05) is 0 Å². The largest absolute Gasteiger partial charge is 0.416 e. The molecule has 0 saturated carbocycles. The summed E-state index contributed by atoms with van der Waals surface area (Å²) in [7, 11) is 0. The van der Waals surface area contributed by atoms with Crippen LogP contribution in [0.1, 0.15) is 11.1 Å². The van der Waals surface area contributed by atoms with Gasteiger partial charge in [0.25, 0.3) is 0 Å². The third kappa shape index (κ3) is 2.33. The summed E-state index contributed by atoms with van der Waals surface area (Å²) >= 11 is 5.30. The topological polar surface area (TPSA) is 17.8 Å². The molecule has 0 spiro atoms. The van der Waals surface area contributed by atoms with Gasteiger partial charge in [-0.2, -0.15) is 18.3 Å². The van der Waals surface area contributed by atoms with E-state index in [1.54, 1.807) is 10.6 Å². The lowest BCUT2D eigenvalue weighted by Gasteiger charge is -2.12. The Morgan fingerprint density at radius 2 is 2.12 bits per heavy atom. The Morgan fingerprint density at radius 3 is 2.65 bits per heavy atom. The van der Waals surface area contributed by atoms with Crippen molar-refractivity contribution in [3.05, 3.63) is 27.9 Å². The van der Waals surface area contributed by atoms with Crippen LogP contribution in [0.2, 0.25) is 0 Å². The van der Waals surface area contributed by atoms with Gasteiger partial charge in [-0.25, -0.2) is 4.45 Å². The maximum Gasteiger partial charge on any atom is 0.416 e. The molecular weight excluding hydrogens is 431 g/mol. The summed E-state index contributed by atoms with van der Waals surface area (Å²) in [4.78, 5) is 0. The average Bonchev–Trinajstić information content (AvgIpc) is 2.64. The minimum absolute atomic E-state index is 0.196. The molecule has 1 aromatic carbocycles. The average molecular weight is 437 g/mol. The normalized spacial score (nSPS) is 13.1. The number of halogens is 5. The zero-order valence-electron chi connectivity index (χ0n) is 8.44. The Balaban J connectivity index is 2.83. The molecule has 2 rings (SSSR count). The Kier molecular flexibility index (Phi) is 3.71. The molecule has 0 amide bonds. The van der Waals surface area contributed by atoms with Crippen molar-refractivity contribution in [1.82, 2.24) is 9.55 Å². The molecule has 0 bridgehead atoms. The Labute approximate surface area is 118 Å². The maximum atomic E-state index is 12.8. The Morgan fingerprint density at radius 1 is 1.47 bits per heavy atom. The SMILES string of the molecule is Cc1c(C(F)(F)F)cc2c(cnn2PI)c1Br. The molecule has 0 fully saturated rings. The van der Waals surface area contributed by atoms with Gasteiger partial charge in [0, 0.05) is 9.86 Å². The predicted octanol–water partition coefficient (Wildman–Crippen LogP) is 4.92. The van der Waals surface area contributed by atoms with Crippen LogP contribution in [-0.4, -0.2) is 9.55 Å². The molecule has 92 valence electrons. The zero-order chi connectivity index (χ0) is 12.8. The fraction of sp³-hybridized carbons (Fsp3) is 0.222. The lowest BCUT2D eigenvalue weighted by molar-refractivity contribution is -0.138. The smallest absolute Gasteiger partial charge is 0.237 e. The first-order valence-corrected chi connectivity index (χ1v) is 9.32. The van der Waals surface area contributed by atoms with Crippen LogP contribution in [0.25, 0.3) is 10.9 Å². The number of alkyl halides is 3. The molecule has 1 aromatic heterocycles. The minimum Gasteiger partial charge on any atom is -0.237 e. The second-order valence-electron chi connectivity index (χ2n) is 3.43. The van der Waals surface area contributed by atoms with Crippen LogP contribution < -0.4 is 0 Å². The van der Waals surface area contributed by atoms with Crippen molar-refractivity contribution in [2.45, 2.75) is 13.1 Å². The van der Waals surface area contributed by atoms with Crippen LogP contribution in [0.4, 0.5) is 13.2 Å². The van der Waals surface area contributed by atoms with E-state index in [0.29, 0.717) is 15.4 Å². The Hall–Kier alpha value is 0.120. The van der Waals surface area contributed by atoms with Crippen molar-refractivity contribution < 1.29 is 13.2 Å². The number of fused-ring (bicyclic) bond motifs is 1. The molecule has 2 nitrogen and oxygen atoms in total. The Bertz CT molecular complexity index is 582. The molecule has 0 N–H and O–H groups in total. The third-order valence-corrected chi connectivity index (χ3v) is 5.35. The van der Waals surface area contributed by atoms with Gasteiger partial charge in [0.2, 0.25) is 0 Å². The lowest BCUT2D eigenvalue weighted by Crippen LogP contribution is -2.08. The van der Waals surface area contributed by atoms with E-state index < -0.39 is 11.7 Å². The van der Waals surface area contributed by atoms with Crippen LogP contribution in [0.5, 0.6) is 0 Å². The number of hydrogen-bond acceptors (Lipinski definition) is 1. The van der Waals surface area contributed by atoms with Crippen molar-refractivity contribution in [2.75, 3.05) is 0 Å². The summed E-state index contributed by atoms with van der Waals surface area (Å²) in [6.45, 7) is 1.45. The molecule has 0 aliphatic heterocycles. The predicted molar refractivity (Wildman–Crippen MR) is 74.9 cm³/mol. The zero-order valence-corrected chi connectivity index (χ0v) is 13.2. The van der Waals surface area contributed by atoms with Gasteiger partial charge in [-0.15, -0.1) is 0 Å². The molecule has 0 aliphatic rings. The molecule has 17 heavy (non-hydrogen) atoms. The van der Waals surface area contributed by atoms with Gasteiger partial charge in [-0.3, -0.25) is 0 Å². The van der Waals surface area contributed by atoms with E-state index in [-0.39, 0.29) is 11.9 Å². The van der Waals surface area contributed by atoms with Gasteiger partial charge in [0.05, 0.1) is 23.7 Å². The van der Waals surface area contributed by atoms with E-state index in [2.05, 4.69) is 43.1 Å². The number of aromatic nitrogens is 2. The van der Waals surface area contributed by atoms with Crippen molar-refractivity contribution >= 4 is 55.2 Å². The fourth-order valence-corrected chi connectivity index (χ4v) is 3.64. The summed E-state index contributed by atoms with van der Waals surface area (Å²) < 4.78 is 40.6. The summed E-state index contributed by atoms with van der Waals surface area (Å²) in [5.74, 6) is 0.